The van der Waals surface area contributed by atoms with Gasteiger partial charge in [0.15, 0.2) is 0 Å². The van der Waals surface area contributed by atoms with Crippen LogP contribution in [0.25, 0.3) is 0 Å². The molecule has 3 heteroatoms. The Morgan fingerprint density at radius 1 is 1.10 bits per heavy atom. The first-order chi connectivity index (χ1) is 9.54. The highest BCUT2D eigenvalue weighted by Crippen LogP contribution is 2.17. The minimum absolute atomic E-state index is 0.0249. The van der Waals surface area contributed by atoms with Crippen molar-refractivity contribution >= 4 is 11.6 Å². The summed E-state index contributed by atoms with van der Waals surface area (Å²) >= 11 is 5.66. The van der Waals surface area contributed by atoms with Crippen molar-refractivity contribution in [3.8, 4) is 0 Å². The Labute approximate surface area is 124 Å². The molecule has 0 bridgehead atoms. The van der Waals surface area contributed by atoms with Crippen molar-refractivity contribution in [2.45, 2.75) is 32.2 Å². The molecule has 106 valence electrons. The van der Waals surface area contributed by atoms with Gasteiger partial charge < -0.3 is 5.73 Å². The Morgan fingerprint density at radius 2 is 1.75 bits per heavy atom. The van der Waals surface area contributed by atoms with Gasteiger partial charge in [-0.05, 0) is 49.4 Å². The fourth-order valence-electron chi connectivity index (χ4n) is 2.18. The monoisotopic (exact) mass is 291 g/mol. The molecule has 20 heavy (non-hydrogen) atoms. The Hall–Kier alpha value is -1.38. The predicted molar refractivity (Wildman–Crippen MR) is 82.6 cm³/mol. The van der Waals surface area contributed by atoms with Crippen LogP contribution in [-0.2, 0) is 12.8 Å². The van der Waals surface area contributed by atoms with Crippen LogP contribution < -0.4 is 5.73 Å². The third-order valence-corrected chi connectivity index (χ3v) is 3.71. The van der Waals surface area contributed by atoms with Crippen LogP contribution in [0.15, 0.2) is 42.5 Å². The summed E-state index contributed by atoms with van der Waals surface area (Å²) in [6.45, 7) is 2.07. The average molecular weight is 292 g/mol. The molecule has 1 nitrogen and oxygen atoms in total. The van der Waals surface area contributed by atoms with Crippen LogP contribution in [0.1, 0.15) is 23.1 Å². The zero-order chi connectivity index (χ0) is 14.5. The van der Waals surface area contributed by atoms with E-state index in [-0.39, 0.29) is 16.9 Å². The van der Waals surface area contributed by atoms with Gasteiger partial charge in [-0.15, -0.1) is 0 Å². The van der Waals surface area contributed by atoms with Gasteiger partial charge in [-0.25, -0.2) is 4.39 Å². The standard InChI is InChI=1S/C17H19ClFN/c1-12-2-4-13(5-3-12)6-8-15(20)10-14-7-9-16(18)17(19)11-14/h2-5,7,9,11,15H,6,8,10,20H2,1H3. The Kier molecular flexibility index (Phi) is 5.16. The molecule has 2 rings (SSSR count). The van der Waals surface area contributed by atoms with Crippen molar-refractivity contribution in [3.05, 3.63) is 70.0 Å². The third kappa shape index (κ3) is 4.32. The highest BCUT2D eigenvalue weighted by atomic mass is 35.5. The molecule has 2 aromatic carbocycles. The van der Waals surface area contributed by atoms with E-state index in [4.69, 9.17) is 17.3 Å². The SMILES string of the molecule is Cc1ccc(CCC(N)Cc2ccc(Cl)c(F)c2)cc1. The second-order valence-electron chi connectivity index (χ2n) is 5.24. The molecular formula is C17H19ClFN. The number of halogens is 2. The highest BCUT2D eigenvalue weighted by molar-refractivity contribution is 6.30. The molecule has 2 N–H and O–H groups in total. The zero-order valence-corrected chi connectivity index (χ0v) is 12.3. The number of nitrogens with two attached hydrogens (primary N) is 1. The molecule has 0 aliphatic rings. The van der Waals surface area contributed by atoms with Crippen LogP contribution in [0.3, 0.4) is 0 Å². The number of hydrogen-bond acceptors (Lipinski definition) is 1. The fourth-order valence-corrected chi connectivity index (χ4v) is 2.30. The lowest BCUT2D eigenvalue weighted by Crippen LogP contribution is -2.23. The summed E-state index contributed by atoms with van der Waals surface area (Å²) in [5.41, 5.74) is 9.55. The first-order valence-corrected chi connectivity index (χ1v) is 7.17. The molecule has 0 radical (unpaired) electrons. The Balaban J connectivity index is 1.87. The lowest BCUT2D eigenvalue weighted by atomic mass is 9.99. The van der Waals surface area contributed by atoms with Crippen molar-refractivity contribution in [1.29, 1.82) is 0 Å². The van der Waals surface area contributed by atoms with E-state index in [0.29, 0.717) is 6.42 Å². The minimum Gasteiger partial charge on any atom is -0.327 e. The molecule has 2 aromatic rings. The summed E-state index contributed by atoms with van der Waals surface area (Å²) in [4.78, 5) is 0. The maximum Gasteiger partial charge on any atom is 0.142 e. The second-order valence-corrected chi connectivity index (χ2v) is 5.64. The summed E-state index contributed by atoms with van der Waals surface area (Å²) in [7, 11) is 0. The highest BCUT2D eigenvalue weighted by Gasteiger charge is 2.07. The molecule has 1 unspecified atom stereocenters. The Bertz CT molecular complexity index is 566. The second kappa shape index (κ2) is 6.87. The predicted octanol–water partition coefficient (Wildman–Crippen LogP) is 4.29. The van der Waals surface area contributed by atoms with Crippen LogP contribution in [0, 0.1) is 12.7 Å². The van der Waals surface area contributed by atoms with E-state index in [9.17, 15) is 4.39 Å². The van der Waals surface area contributed by atoms with Crippen LogP contribution in [0.2, 0.25) is 5.02 Å². The van der Waals surface area contributed by atoms with Crippen LogP contribution >= 0.6 is 11.6 Å². The summed E-state index contributed by atoms with van der Waals surface area (Å²) in [5.74, 6) is -0.380. The molecule has 0 aromatic heterocycles. The smallest absolute Gasteiger partial charge is 0.142 e. The van der Waals surface area contributed by atoms with E-state index in [2.05, 4.69) is 31.2 Å². The van der Waals surface area contributed by atoms with Gasteiger partial charge in [0.05, 0.1) is 5.02 Å². The van der Waals surface area contributed by atoms with Crippen LogP contribution in [0.5, 0.6) is 0 Å². The van der Waals surface area contributed by atoms with E-state index in [1.54, 1.807) is 6.07 Å². The molecule has 0 aliphatic carbocycles. The van der Waals surface area contributed by atoms with Gasteiger partial charge in [-0.2, -0.15) is 0 Å². The van der Waals surface area contributed by atoms with Gasteiger partial charge in [-0.3, -0.25) is 0 Å². The van der Waals surface area contributed by atoms with Gasteiger partial charge >= 0.3 is 0 Å². The largest absolute Gasteiger partial charge is 0.327 e. The molecule has 0 heterocycles. The van der Waals surface area contributed by atoms with E-state index in [0.717, 1.165) is 18.4 Å². The van der Waals surface area contributed by atoms with Crippen molar-refractivity contribution in [1.82, 2.24) is 0 Å². The van der Waals surface area contributed by atoms with Crippen molar-refractivity contribution in [2.75, 3.05) is 0 Å². The molecule has 1 atom stereocenters. The Morgan fingerprint density at radius 3 is 2.40 bits per heavy atom. The zero-order valence-electron chi connectivity index (χ0n) is 11.6. The summed E-state index contributed by atoms with van der Waals surface area (Å²) in [5, 5.41) is 0.155. The lowest BCUT2D eigenvalue weighted by molar-refractivity contribution is 0.599. The molecule has 0 saturated heterocycles. The van der Waals surface area contributed by atoms with E-state index in [1.165, 1.54) is 17.2 Å². The number of hydrogen-bond donors (Lipinski definition) is 1. The molecule has 0 saturated carbocycles. The van der Waals surface area contributed by atoms with Crippen molar-refractivity contribution < 1.29 is 4.39 Å². The molecule has 0 amide bonds. The first kappa shape index (κ1) is 15.0. The van der Waals surface area contributed by atoms with E-state index >= 15 is 0 Å². The third-order valence-electron chi connectivity index (χ3n) is 3.41. The lowest BCUT2D eigenvalue weighted by Gasteiger charge is -2.12. The molecule has 0 aliphatic heterocycles. The number of aryl methyl sites for hydroxylation is 2. The van der Waals surface area contributed by atoms with Gasteiger partial charge in [0.25, 0.3) is 0 Å². The summed E-state index contributed by atoms with van der Waals surface area (Å²) < 4.78 is 13.3. The van der Waals surface area contributed by atoms with E-state index < -0.39 is 0 Å². The molecule has 0 fully saturated rings. The van der Waals surface area contributed by atoms with E-state index in [1.807, 2.05) is 6.07 Å². The molecule has 0 spiro atoms. The summed E-state index contributed by atoms with van der Waals surface area (Å²) in [6, 6.07) is 13.4. The van der Waals surface area contributed by atoms with Crippen LogP contribution in [0.4, 0.5) is 4.39 Å². The normalized spacial score (nSPS) is 12.4. The number of rotatable bonds is 5. The first-order valence-electron chi connectivity index (χ1n) is 6.79. The maximum atomic E-state index is 13.3. The number of benzene rings is 2. The van der Waals surface area contributed by atoms with Crippen molar-refractivity contribution in [2.24, 2.45) is 5.73 Å². The fraction of sp³-hybridized carbons (Fsp3) is 0.294. The quantitative estimate of drug-likeness (QED) is 0.874. The van der Waals surface area contributed by atoms with Crippen molar-refractivity contribution in [3.63, 3.8) is 0 Å². The van der Waals surface area contributed by atoms with Gasteiger partial charge in [0.1, 0.15) is 5.82 Å². The summed E-state index contributed by atoms with van der Waals surface area (Å²) in [6.07, 6.45) is 2.49. The average Bonchev–Trinajstić information content (AvgIpc) is 2.42. The van der Waals surface area contributed by atoms with Gasteiger partial charge in [0, 0.05) is 6.04 Å². The van der Waals surface area contributed by atoms with Crippen LogP contribution in [-0.4, -0.2) is 6.04 Å². The minimum atomic E-state index is -0.380. The topological polar surface area (TPSA) is 26.0 Å². The molecular weight excluding hydrogens is 273 g/mol. The van der Waals surface area contributed by atoms with Gasteiger partial charge in [0.2, 0.25) is 0 Å². The van der Waals surface area contributed by atoms with Gasteiger partial charge in [-0.1, -0.05) is 47.5 Å². The maximum absolute atomic E-state index is 13.3.